The van der Waals surface area contributed by atoms with Crippen molar-refractivity contribution in [3.8, 4) is 28.4 Å². The Labute approximate surface area is 188 Å². The first-order valence-corrected chi connectivity index (χ1v) is 11.0. The minimum Gasteiger partial charge on any atom is -0.493 e. The first kappa shape index (κ1) is 22.0. The standard InChI is InChI=1S/C25H30N2O5/c1-15(28)26-19-9-7-16-13-22(30-2)24(31-3)25(32-4)23(16)17-8-10-20(21(29)14-18(17)19)27-11-5-6-12-27/h8,10,13-14,19H,5-7,9,11-12H2,1-4H3,(H,26,28). The van der Waals surface area contributed by atoms with Gasteiger partial charge in [-0.25, -0.2) is 0 Å². The molecule has 2 aromatic carbocycles. The molecule has 7 heteroatoms. The SMILES string of the molecule is COc1cc2c(c(OC)c1OC)-c1ccc(N3CCCC3)c(=O)cc1C(NC(C)=O)CC2. The van der Waals surface area contributed by atoms with Gasteiger partial charge in [0.05, 0.1) is 33.1 Å². The lowest BCUT2D eigenvalue weighted by Crippen LogP contribution is -2.27. The van der Waals surface area contributed by atoms with E-state index in [1.54, 1.807) is 27.4 Å². The predicted molar refractivity (Wildman–Crippen MR) is 124 cm³/mol. The average Bonchev–Trinajstić information content (AvgIpc) is 3.20. The third-order valence-corrected chi connectivity index (χ3v) is 6.34. The number of amides is 1. The maximum absolute atomic E-state index is 13.3. The highest BCUT2D eigenvalue weighted by Crippen LogP contribution is 2.50. The van der Waals surface area contributed by atoms with Crippen molar-refractivity contribution in [2.24, 2.45) is 0 Å². The number of anilines is 1. The quantitative estimate of drug-likeness (QED) is 0.770. The van der Waals surface area contributed by atoms with Crippen molar-refractivity contribution in [1.82, 2.24) is 5.32 Å². The van der Waals surface area contributed by atoms with Crippen molar-refractivity contribution < 1.29 is 19.0 Å². The van der Waals surface area contributed by atoms with Crippen molar-refractivity contribution in [2.75, 3.05) is 39.3 Å². The van der Waals surface area contributed by atoms with Crippen LogP contribution in [0.2, 0.25) is 0 Å². The molecule has 2 aromatic rings. The molecule has 1 heterocycles. The van der Waals surface area contributed by atoms with Gasteiger partial charge < -0.3 is 24.4 Å². The summed E-state index contributed by atoms with van der Waals surface area (Å²) >= 11 is 0. The molecule has 1 unspecified atom stereocenters. The number of ether oxygens (including phenoxy) is 3. The maximum atomic E-state index is 13.3. The Balaban J connectivity index is 2.02. The van der Waals surface area contributed by atoms with Gasteiger partial charge in [-0.15, -0.1) is 0 Å². The van der Waals surface area contributed by atoms with Gasteiger partial charge in [0, 0.05) is 25.6 Å². The summed E-state index contributed by atoms with van der Waals surface area (Å²) in [4.78, 5) is 27.4. The van der Waals surface area contributed by atoms with E-state index in [4.69, 9.17) is 14.2 Å². The lowest BCUT2D eigenvalue weighted by Gasteiger charge is -2.19. The number of aryl methyl sites for hydroxylation is 1. The van der Waals surface area contributed by atoms with E-state index in [0.717, 1.165) is 48.2 Å². The fraction of sp³-hybridized carbons (Fsp3) is 0.440. The van der Waals surface area contributed by atoms with Crippen LogP contribution in [0.4, 0.5) is 5.69 Å². The molecule has 2 aliphatic rings. The summed E-state index contributed by atoms with van der Waals surface area (Å²) in [5.74, 6) is 1.53. The van der Waals surface area contributed by atoms with Gasteiger partial charge in [0.2, 0.25) is 17.1 Å². The lowest BCUT2D eigenvalue weighted by atomic mass is 9.95. The second-order valence-electron chi connectivity index (χ2n) is 8.26. The molecule has 1 saturated heterocycles. The smallest absolute Gasteiger partial charge is 0.217 e. The van der Waals surface area contributed by atoms with E-state index in [0.29, 0.717) is 35.8 Å². The molecule has 4 rings (SSSR count). The molecule has 0 spiro atoms. The van der Waals surface area contributed by atoms with Gasteiger partial charge in [0.15, 0.2) is 11.5 Å². The number of benzene rings is 1. The first-order valence-electron chi connectivity index (χ1n) is 11.0. The Kier molecular flexibility index (Phi) is 6.26. The average molecular weight is 439 g/mol. The molecule has 0 radical (unpaired) electrons. The van der Waals surface area contributed by atoms with Crippen LogP contribution in [0.3, 0.4) is 0 Å². The summed E-state index contributed by atoms with van der Waals surface area (Å²) in [6.45, 7) is 3.26. The van der Waals surface area contributed by atoms with Crippen LogP contribution in [0.1, 0.15) is 43.4 Å². The van der Waals surface area contributed by atoms with E-state index in [-0.39, 0.29) is 17.4 Å². The summed E-state index contributed by atoms with van der Waals surface area (Å²) in [6, 6.07) is 7.25. The van der Waals surface area contributed by atoms with E-state index in [9.17, 15) is 9.59 Å². The van der Waals surface area contributed by atoms with Gasteiger partial charge in [-0.3, -0.25) is 9.59 Å². The van der Waals surface area contributed by atoms with E-state index in [2.05, 4.69) is 10.2 Å². The molecule has 0 saturated carbocycles. The highest BCUT2D eigenvalue weighted by atomic mass is 16.5. The van der Waals surface area contributed by atoms with Crippen LogP contribution in [-0.4, -0.2) is 40.3 Å². The molecule has 32 heavy (non-hydrogen) atoms. The Morgan fingerprint density at radius 1 is 1.03 bits per heavy atom. The summed E-state index contributed by atoms with van der Waals surface area (Å²) in [5.41, 5.74) is 4.20. The van der Waals surface area contributed by atoms with Crippen LogP contribution in [-0.2, 0) is 11.2 Å². The maximum Gasteiger partial charge on any atom is 0.217 e. The summed E-state index contributed by atoms with van der Waals surface area (Å²) in [5, 5.41) is 3.04. The largest absolute Gasteiger partial charge is 0.493 e. The number of methoxy groups -OCH3 is 3. The second kappa shape index (κ2) is 9.10. The number of rotatable bonds is 5. The lowest BCUT2D eigenvalue weighted by molar-refractivity contribution is -0.119. The number of carbonyl (C=O) groups excluding carboxylic acids is 1. The number of fused-ring (bicyclic) bond motifs is 3. The Bertz CT molecular complexity index is 1090. The highest BCUT2D eigenvalue weighted by Gasteiger charge is 2.29. The molecular formula is C25H30N2O5. The Morgan fingerprint density at radius 3 is 2.38 bits per heavy atom. The van der Waals surface area contributed by atoms with Crippen LogP contribution in [0.25, 0.3) is 11.1 Å². The molecule has 0 aromatic heterocycles. The Hall–Kier alpha value is -3.22. The molecular weight excluding hydrogens is 408 g/mol. The fourth-order valence-electron chi connectivity index (χ4n) is 4.92. The van der Waals surface area contributed by atoms with E-state index in [1.807, 2.05) is 18.2 Å². The Morgan fingerprint density at radius 2 is 1.75 bits per heavy atom. The number of carbonyl (C=O) groups is 1. The van der Waals surface area contributed by atoms with E-state index < -0.39 is 0 Å². The van der Waals surface area contributed by atoms with Crippen LogP contribution in [0, 0.1) is 0 Å². The minimum absolute atomic E-state index is 0.0357. The summed E-state index contributed by atoms with van der Waals surface area (Å²) in [7, 11) is 4.78. The highest BCUT2D eigenvalue weighted by molar-refractivity contribution is 5.83. The van der Waals surface area contributed by atoms with Crippen molar-refractivity contribution in [2.45, 2.75) is 38.6 Å². The van der Waals surface area contributed by atoms with Crippen molar-refractivity contribution in [1.29, 1.82) is 0 Å². The zero-order chi connectivity index (χ0) is 22.8. The molecule has 1 aliphatic carbocycles. The van der Waals surface area contributed by atoms with Gasteiger partial charge in [-0.1, -0.05) is 6.07 Å². The minimum atomic E-state index is -0.289. The third-order valence-electron chi connectivity index (χ3n) is 6.34. The monoisotopic (exact) mass is 438 g/mol. The molecule has 1 fully saturated rings. The van der Waals surface area contributed by atoms with Gasteiger partial charge in [-0.2, -0.15) is 0 Å². The number of nitrogens with zero attached hydrogens (tertiary/aromatic N) is 1. The molecule has 1 N–H and O–H groups in total. The van der Waals surface area contributed by atoms with E-state index in [1.165, 1.54) is 6.92 Å². The van der Waals surface area contributed by atoms with Gasteiger partial charge in [-0.05, 0) is 60.6 Å². The van der Waals surface area contributed by atoms with Crippen molar-refractivity contribution in [3.05, 3.63) is 45.6 Å². The van der Waals surface area contributed by atoms with Crippen molar-refractivity contribution >= 4 is 11.6 Å². The first-order chi connectivity index (χ1) is 15.5. The molecule has 0 bridgehead atoms. The number of hydrogen-bond acceptors (Lipinski definition) is 6. The van der Waals surface area contributed by atoms with E-state index >= 15 is 0 Å². The topological polar surface area (TPSA) is 77.1 Å². The molecule has 170 valence electrons. The van der Waals surface area contributed by atoms with Crippen molar-refractivity contribution in [3.63, 3.8) is 0 Å². The number of nitrogens with one attached hydrogen (secondary N) is 1. The third kappa shape index (κ3) is 3.87. The second-order valence-corrected chi connectivity index (χ2v) is 8.26. The van der Waals surface area contributed by atoms with Crippen LogP contribution in [0.5, 0.6) is 17.2 Å². The fourth-order valence-corrected chi connectivity index (χ4v) is 4.92. The van der Waals surface area contributed by atoms with Crippen LogP contribution < -0.4 is 29.9 Å². The molecule has 7 nitrogen and oxygen atoms in total. The molecule has 1 amide bonds. The van der Waals surface area contributed by atoms with Gasteiger partial charge in [0.25, 0.3) is 0 Å². The summed E-state index contributed by atoms with van der Waals surface area (Å²) < 4.78 is 17.0. The molecule has 1 atom stereocenters. The number of hydrogen-bond donors (Lipinski definition) is 1. The van der Waals surface area contributed by atoms with Crippen LogP contribution in [0.15, 0.2) is 29.1 Å². The predicted octanol–water partition coefficient (Wildman–Crippen LogP) is 3.46. The summed E-state index contributed by atoms with van der Waals surface area (Å²) in [6.07, 6.45) is 3.50. The molecule has 1 aliphatic heterocycles. The zero-order valence-electron chi connectivity index (χ0n) is 19.1. The normalized spacial score (nSPS) is 17.1. The van der Waals surface area contributed by atoms with Gasteiger partial charge in [0.1, 0.15) is 0 Å². The zero-order valence-corrected chi connectivity index (χ0v) is 19.1. The van der Waals surface area contributed by atoms with Gasteiger partial charge >= 0.3 is 0 Å². The van der Waals surface area contributed by atoms with Crippen LogP contribution >= 0.6 is 0 Å².